The first-order chi connectivity index (χ1) is 36.2. The smallest absolute Gasteiger partial charge is 0.410 e. The number of ether oxygens (including phenoxy) is 5. The van der Waals surface area contributed by atoms with Crippen molar-refractivity contribution in [2.45, 2.75) is 157 Å². The number of likely N-dealkylation sites (tertiary alicyclic amines) is 2. The molecule has 0 radical (unpaired) electrons. The number of rotatable bonds is 10. The predicted octanol–water partition coefficient (Wildman–Crippen LogP) is 10.2. The molecule has 2 fully saturated rings. The lowest BCUT2D eigenvalue weighted by molar-refractivity contribution is -0.138. The van der Waals surface area contributed by atoms with Crippen LogP contribution in [0.15, 0.2) is 73.1 Å². The van der Waals surface area contributed by atoms with Gasteiger partial charge in [-0.1, -0.05) is 96.1 Å². The van der Waals surface area contributed by atoms with Crippen LogP contribution >= 0.6 is 0 Å². The van der Waals surface area contributed by atoms with Gasteiger partial charge in [-0.2, -0.15) is 0 Å². The van der Waals surface area contributed by atoms with Crippen molar-refractivity contribution in [2.24, 2.45) is 10.8 Å². The minimum atomic E-state index is -0.983. The molecule has 0 bridgehead atoms. The Labute approximate surface area is 450 Å². The third kappa shape index (κ3) is 12.2. The van der Waals surface area contributed by atoms with Crippen LogP contribution in [0.25, 0.3) is 33.6 Å². The maximum Gasteiger partial charge on any atom is 0.410 e. The fourth-order valence-electron chi connectivity index (χ4n) is 10.4. The summed E-state index contributed by atoms with van der Waals surface area (Å²) in [7, 11) is 0. The highest BCUT2D eigenvalue weighted by Gasteiger charge is 2.47. The summed E-state index contributed by atoms with van der Waals surface area (Å²) in [4.78, 5) is 90.3. The fraction of sp³-hybridized carbons (Fsp3) is 0.500. The summed E-state index contributed by atoms with van der Waals surface area (Å²) in [6.45, 7) is 23.5. The number of nitrogens with zero attached hydrogens (tertiary/aromatic N) is 5. The predicted molar refractivity (Wildman–Crippen MR) is 287 cm³/mol. The molecule has 2 saturated heterocycles. The number of H-pyrrole nitrogens is 2. The summed E-state index contributed by atoms with van der Waals surface area (Å²) in [5, 5.41) is 5.68. The molecule has 410 valence electrons. The van der Waals surface area contributed by atoms with E-state index in [1.807, 2.05) is 113 Å². The maximum absolute atomic E-state index is 14.8. The van der Waals surface area contributed by atoms with Crippen LogP contribution in [0.2, 0.25) is 0 Å². The molecule has 5 amide bonds. The van der Waals surface area contributed by atoms with Gasteiger partial charge in [-0.05, 0) is 93.5 Å². The van der Waals surface area contributed by atoms with Crippen LogP contribution in [0.4, 0.5) is 14.4 Å². The standard InChI is InChI=1S/C58H73N9O10/c1-55(2,3)46(63-52(70)76-57(7,8)9)50(68)66-25-13-14-42(66)48-59-27-40(61-48)35-19-15-33(16-20-35)34-17-21-36(22-18-34)41-28-60-49(62-41)43-26-38(30-67(43)51(69)47(56(4,5)6)64-53(71)77-58(10,11)12)75-54(72)65-29-37-23-24-44-45(39(37)31-65)74-32-73-44/h15-24,27-28,38,42-43,46-47H,13-14,25-26,29-32H2,1-12H3,(H,59,61)(H,60,62)(H,63,70)(H,64,71)/t38-,42+,43+,46?,47-/m1/s1. The minimum absolute atomic E-state index is 0.0740. The normalized spacial score (nSPS) is 19.2. The monoisotopic (exact) mass is 1060 g/mol. The van der Waals surface area contributed by atoms with Crippen molar-refractivity contribution >= 4 is 30.1 Å². The van der Waals surface area contributed by atoms with E-state index in [0.717, 1.165) is 57.6 Å². The van der Waals surface area contributed by atoms with Crippen molar-refractivity contribution in [1.29, 1.82) is 0 Å². The van der Waals surface area contributed by atoms with Crippen molar-refractivity contribution in [3.8, 4) is 45.1 Å². The molecule has 4 aliphatic rings. The van der Waals surface area contributed by atoms with E-state index in [4.69, 9.17) is 33.7 Å². The number of carbonyl (C=O) groups is 5. The Kier molecular flexibility index (Phi) is 14.6. The van der Waals surface area contributed by atoms with E-state index in [9.17, 15) is 24.0 Å². The van der Waals surface area contributed by atoms with Gasteiger partial charge < -0.3 is 54.1 Å². The molecule has 0 aliphatic carbocycles. The highest BCUT2D eigenvalue weighted by atomic mass is 16.7. The van der Waals surface area contributed by atoms with E-state index in [1.54, 1.807) is 57.5 Å². The second kappa shape index (κ2) is 20.8. The van der Waals surface area contributed by atoms with Crippen molar-refractivity contribution in [3.05, 3.63) is 95.8 Å². The quantitative estimate of drug-likeness (QED) is 0.0960. The van der Waals surface area contributed by atoms with Gasteiger partial charge in [-0.25, -0.2) is 24.4 Å². The number of carbonyl (C=O) groups excluding carboxylic acids is 5. The van der Waals surface area contributed by atoms with Gasteiger partial charge in [0.15, 0.2) is 11.5 Å². The molecule has 9 rings (SSSR count). The molecule has 3 aromatic carbocycles. The highest BCUT2D eigenvalue weighted by Crippen LogP contribution is 2.43. The zero-order valence-electron chi connectivity index (χ0n) is 46.3. The molecule has 19 heteroatoms. The molecule has 0 saturated carbocycles. The Morgan fingerprint density at radius 1 is 0.688 bits per heavy atom. The molecular weight excluding hydrogens is 983 g/mol. The van der Waals surface area contributed by atoms with Gasteiger partial charge in [0.05, 0.1) is 42.8 Å². The lowest BCUT2D eigenvalue weighted by atomic mass is 9.85. The van der Waals surface area contributed by atoms with E-state index < -0.39 is 64.5 Å². The first-order valence-electron chi connectivity index (χ1n) is 26.5. The second-order valence-corrected chi connectivity index (χ2v) is 24.6. The van der Waals surface area contributed by atoms with Crippen LogP contribution in [0.1, 0.15) is 137 Å². The number of amides is 5. The van der Waals surface area contributed by atoms with Crippen LogP contribution in [0, 0.1) is 10.8 Å². The molecule has 77 heavy (non-hydrogen) atoms. The third-order valence-corrected chi connectivity index (χ3v) is 14.1. The molecule has 2 aromatic heterocycles. The summed E-state index contributed by atoms with van der Waals surface area (Å²) >= 11 is 0. The zero-order chi connectivity index (χ0) is 55.4. The zero-order valence-corrected chi connectivity index (χ0v) is 46.3. The molecule has 5 aromatic rings. The van der Waals surface area contributed by atoms with Gasteiger partial charge in [-0.15, -0.1) is 0 Å². The van der Waals surface area contributed by atoms with Crippen LogP contribution in [-0.2, 0) is 36.9 Å². The van der Waals surface area contributed by atoms with Gasteiger partial charge in [-0.3, -0.25) is 14.5 Å². The van der Waals surface area contributed by atoms with Crippen molar-refractivity contribution in [1.82, 2.24) is 45.3 Å². The number of hydrogen-bond acceptors (Lipinski definition) is 12. The SMILES string of the molecule is CC(C)(C)OC(=O)NC(C(=O)N1CCC[C@H]1c1nc(-c2ccc(-c3ccc(-c4cnc([C@@H]5C[C@@H](OC(=O)N6Cc7ccc8c(c7C6)OCO8)CN5C(=O)[C@@H](NC(=O)OC(C)(C)C)C(C)(C)C)[nH]4)cc3)cc2)c[nH]1)C(C)(C)C. The first kappa shape index (κ1) is 54.2. The van der Waals surface area contributed by atoms with E-state index >= 15 is 0 Å². The topological polar surface area (TPSA) is 223 Å². The van der Waals surface area contributed by atoms with E-state index in [1.165, 1.54) is 0 Å². The van der Waals surface area contributed by atoms with Crippen LogP contribution in [0.5, 0.6) is 11.5 Å². The number of alkyl carbamates (subject to hydrolysis) is 2. The van der Waals surface area contributed by atoms with Gasteiger partial charge in [0.1, 0.15) is 41.0 Å². The number of hydrogen-bond donors (Lipinski definition) is 4. The molecule has 5 atom stereocenters. The van der Waals surface area contributed by atoms with Crippen LogP contribution in [0.3, 0.4) is 0 Å². The van der Waals surface area contributed by atoms with Gasteiger partial charge in [0, 0.05) is 36.8 Å². The summed E-state index contributed by atoms with van der Waals surface area (Å²) in [5.41, 5.74) is 4.32. The first-order valence-corrected chi connectivity index (χ1v) is 26.5. The lowest BCUT2D eigenvalue weighted by Crippen LogP contribution is -2.55. The Hall–Kier alpha value is -7.57. The molecular formula is C58H73N9O10. The molecule has 4 aliphatic heterocycles. The van der Waals surface area contributed by atoms with Crippen LogP contribution in [-0.4, -0.2) is 114 Å². The Balaban J connectivity index is 0.884. The van der Waals surface area contributed by atoms with Gasteiger partial charge in [0.25, 0.3) is 0 Å². The minimum Gasteiger partial charge on any atom is -0.454 e. The van der Waals surface area contributed by atoms with E-state index in [2.05, 4.69) is 20.6 Å². The summed E-state index contributed by atoms with van der Waals surface area (Å²) < 4.78 is 28.5. The Morgan fingerprint density at radius 2 is 1.27 bits per heavy atom. The fourth-order valence-corrected chi connectivity index (χ4v) is 10.4. The summed E-state index contributed by atoms with van der Waals surface area (Å²) in [6.07, 6.45) is 2.87. The van der Waals surface area contributed by atoms with Crippen molar-refractivity contribution in [2.75, 3.05) is 19.9 Å². The average molecular weight is 1060 g/mol. The second-order valence-electron chi connectivity index (χ2n) is 24.6. The lowest BCUT2D eigenvalue weighted by Gasteiger charge is -2.35. The molecule has 6 heterocycles. The number of aromatic nitrogens is 4. The number of aromatic amines is 2. The number of benzene rings is 3. The largest absolute Gasteiger partial charge is 0.454 e. The van der Waals surface area contributed by atoms with E-state index in [-0.39, 0.29) is 37.6 Å². The summed E-state index contributed by atoms with van der Waals surface area (Å²) in [6, 6.07) is 17.3. The number of nitrogens with one attached hydrogen (secondary N) is 4. The molecule has 1 unspecified atom stereocenters. The van der Waals surface area contributed by atoms with Crippen LogP contribution < -0.4 is 20.1 Å². The Bertz CT molecular complexity index is 3010. The highest BCUT2D eigenvalue weighted by molar-refractivity contribution is 5.88. The summed E-state index contributed by atoms with van der Waals surface area (Å²) in [5.74, 6) is 1.96. The van der Waals surface area contributed by atoms with Crippen molar-refractivity contribution in [3.63, 3.8) is 0 Å². The number of fused-ring (bicyclic) bond motifs is 3. The average Bonchev–Trinajstić information content (AvgIpc) is 4.21. The maximum atomic E-state index is 14.8. The third-order valence-electron chi connectivity index (χ3n) is 14.1. The van der Waals surface area contributed by atoms with Gasteiger partial charge in [0.2, 0.25) is 18.6 Å². The molecule has 19 nitrogen and oxygen atoms in total. The number of imidazole rings is 2. The Morgan fingerprint density at radius 3 is 1.87 bits per heavy atom. The molecule has 0 spiro atoms. The van der Waals surface area contributed by atoms with Crippen molar-refractivity contribution < 1.29 is 47.7 Å². The van der Waals surface area contributed by atoms with Gasteiger partial charge >= 0.3 is 18.3 Å². The molecule has 4 N–H and O–H groups in total. The van der Waals surface area contributed by atoms with E-state index in [0.29, 0.717) is 42.8 Å².